The summed E-state index contributed by atoms with van der Waals surface area (Å²) in [6.07, 6.45) is 0. The summed E-state index contributed by atoms with van der Waals surface area (Å²) in [5.74, 6) is 10.6. The molecule has 0 saturated carbocycles. The summed E-state index contributed by atoms with van der Waals surface area (Å²) in [4.78, 5) is 0. The molecule has 12 heteroatoms. The summed E-state index contributed by atoms with van der Waals surface area (Å²) < 4.78 is 45.4. The molecule has 0 aliphatic carbocycles. The lowest BCUT2D eigenvalue weighted by Gasteiger charge is -2.33. The van der Waals surface area contributed by atoms with Crippen molar-refractivity contribution in [1.29, 1.82) is 0 Å². The molecule has 0 atom stereocenters. The van der Waals surface area contributed by atoms with Gasteiger partial charge in [-0.05, 0) is 200 Å². The fraction of sp³-hybridized carbons (Fsp3) is 0.206. The summed E-state index contributed by atoms with van der Waals surface area (Å²) in [5, 5.41) is 7.62. The average Bonchev–Trinajstić information content (AvgIpc) is 1.24. The zero-order valence-corrected chi connectivity index (χ0v) is 92.6. The maximum Gasteiger partial charge on any atom is 0.260 e. The Morgan fingerprint density at radius 3 is 0.689 bits per heavy atom. The van der Waals surface area contributed by atoms with Gasteiger partial charge in [-0.25, -0.2) is 0 Å². The van der Waals surface area contributed by atoms with Crippen LogP contribution in [-0.4, -0.2) is 33.8 Å². The minimum absolute atomic E-state index is 0.0664. The number of rotatable bonds is 6. The maximum absolute atomic E-state index is 6.66. The van der Waals surface area contributed by atoms with Gasteiger partial charge < -0.3 is 42.1 Å². The highest BCUT2D eigenvalue weighted by Gasteiger charge is 2.44. The quantitative estimate of drug-likeness (QED) is 0.155. The van der Waals surface area contributed by atoms with Gasteiger partial charge in [-0.15, -0.1) is 0 Å². The van der Waals surface area contributed by atoms with E-state index in [-0.39, 0.29) is 20.1 Å². The topological polar surface area (TPSA) is 70.2 Å². The minimum Gasteiger partial charge on any atom is -0.458 e. The Hall–Kier alpha value is -15.6. The Bertz CT molecular complexity index is 7600. The van der Waals surface area contributed by atoms with Crippen LogP contribution in [0.1, 0.15) is 194 Å². The van der Waals surface area contributed by atoms with Gasteiger partial charge in [0.15, 0.2) is 0 Å². The van der Waals surface area contributed by atoms with Crippen molar-refractivity contribution in [1.82, 2.24) is 13.7 Å². The molecule has 148 heavy (non-hydrogen) atoms. The molecule has 6 aliphatic rings. The zero-order valence-electron chi connectivity index (χ0n) is 92.6. The number of ether oxygens (including phenoxy) is 6. The van der Waals surface area contributed by atoms with Crippen LogP contribution in [0.3, 0.4) is 0 Å². The van der Waals surface area contributed by atoms with Gasteiger partial charge in [-0.3, -0.25) is 0 Å². The molecule has 3 aromatic heterocycles. The molecule has 0 bridgehead atoms. The Kier molecular flexibility index (Phi) is 42.3. The highest BCUT2D eigenvalue weighted by Crippen LogP contribution is 2.44. The van der Waals surface area contributed by atoms with Crippen molar-refractivity contribution < 1.29 is 28.4 Å². The summed E-state index contributed by atoms with van der Waals surface area (Å²) in [7, 11) is 0. The van der Waals surface area contributed by atoms with Gasteiger partial charge in [0.2, 0.25) is 0 Å². The summed E-state index contributed by atoms with van der Waals surface area (Å²) in [5.41, 5.74) is 27.9. The zero-order chi connectivity index (χ0) is 107. The summed E-state index contributed by atoms with van der Waals surface area (Å²) >= 11 is 0. The van der Waals surface area contributed by atoms with Crippen molar-refractivity contribution in [3.8, 4) is 119 Å². The predicted octanol–water partition coefficient (Wildman–Crippen LogP) is 35.9. The van der Waals surface area contributed by atoms with Gasteiger partial charge in [0, 0.05) is 71.3 Å². The fourth-order valence-electron chi connectivity index (χ4n) is 19.7. The maximum atomic E-state index is 6.66. The third kappa shape index (κ3) is 21.9. The van der Waals surface area contributed by atoms with E-state index in [1.807, 2.05) is 273 Å². The van der Waals surface area contributed by atoms with Gasteiger partial charge in [-0.2, -0.15) is 0 Å². The molecule has 0 unspecified atom stereocenters. The lowest BCUT2D eigenvalue weighted by molar-refractivity contribution is 0.464. The number of hydrogen-bond acceptors (Lipinski definition) is 6. The van der Waals surface area contributed by atoms with Crippen molar-refractivity contribution in [2.75, 3.05) is 0 Å². The van der Waals surface area contributed by atoms with Gasteiger partial charge in [0.05, 0.1) is 33.1 Å². The van der Waals surface area contributed by atoms with Crippen molar-refractivity contribution in [2.24, 2.45) is 0 Å². The lowest BCUT2D eigenvalue weighted by atomic mass is 9.34. The Morgan fingerprint density at radius 2 is 0.365 bits per heavy atom. The number of fused-ring (bicyclic) bond motifs is 21. The van der Waals surface area contributed by atoms with E-state index in [1.165, 1.54) is 109 Å². The van der Waals surface area contributed by atoms with E-state index in [0.717, 1.165) is 125 Å². The molecular formula is C136H150B3N3O6. The van der Waals surface area contributed by atoms with Crippen LogP contribution in [0.25, 0.3) is 116 Å². The number of aromatic nitrogens is 3. The highest BCUT2D eigenvalue weighted by molar-refractivity contribution is 6.99. The fourth-order valence-corrected chi connectivity index (χ4v) is 19.7. The third-order valence-electron chi connectivity index (χ3n) is 25.0. The van der Waals surface area contributed by atoms with Crippen LogP contribution in [0.15, 0.2) is 400 Å². The molecule has 9 nitrogen and oxygen atoms in total. The highest BCUT2D eigenvalue weighted by atomic mass is 16.5. The molecule has 27 rings (SSSR count). The van der Waals surface area contributed by atoms with Crippen molar-refractivity contribution in [2.45, 2.75) is 194 Å². The van der Waals surface area contributed by atoms with E-state index >= 15 is 0 Å². The first-order valence-electron chi connectivity index (χ1n) is 54.9. The number of para-hydroxylation sites is 10. The van der Waals surface area contributed by atoms with Crippen LogP contribution in [0, 0.1) is 0 Å². The summed E-state index contributed by atoms with van der Waals surface area (Å²) in [6, 6.07) is 141. The Labute approximate surface area is 884 Å². The molecule has 0 saturated heterocycles. The van der Waals surface area contributed by atoms with Crippen LogP contribution < -0.4 is 77.6 Å². The first-order chi connectivity index (χ1) is 73.5. The van der Waals surface area contributed by atoms with Crippen molar-refractivity contribution in [3.05, 3.63) is 400 Å². The van der Waals surface area contributed by atoms with Crippen LogP contribution in [0.2, 0.25) is 0 Å². The molecule has 6 aliphatic heterocycles. The van der Waals surface area contributed by atoms with E-state index in [1.54, 1.807) is 0 Å². The second-order valence-electron chi connectivity index (χ2n) is 31.5. The van der Waals surface area contributed by atoms with Gasteiger partial charge in [0.1, 0.15) is 69.0 Å². The molecule has 0 amide bonds. The van der Waals surface area contributed by atoms with Gasteiger partial charge in [0.25, 0.3) is 20.1 Å². The monoisotopic (exact) mass is 1950 g/mol. The number of hydrogen-bond donors (Lipinski definition) is 0. The Balaban J connectivity index is 0.000000188. The van der Waals surface area contributed by atoms with Crippen molar-refractivity contribution >= 4 is 135 Å². The molecule has 9 heterocycles. The first kappa shape index (κ1) is 113. The predicted molar refractivity (Wildman–Crippen MR) is 651 cm³/mol. The molecule has 18 aromatic carbocycles. The normalized spacial score (nSPS) is 11.0. The van der Waals surface area contributed by atoms with Gasteiger partial charge >= 0.3 is 0 Å². The van der Waals surface area contributed by atoms with E-state index in [0.29, 0.717) is 0 Å². The second-order valence-corrected chi connectivity index (χ2v) is 31.5. The van der Waals surface area contributed by atoms with Crippen LogP contribution >= 0.6 is 0 Å². The molecule has 754 valence electrons. The van der Waals surface area contributed by atoms with E-state index < -0.39 is 0 Å². The van der Waals surface area contributed by atoms with E-state index in [9.17, 15) is 0 Å². The van der Waals surface area contributed by atoms with Crippen molar-refractivity contribution in [3.63, 3.8) is 0 Å². The molecule has 21 aromatic rings. The van der Waals surface area contributed by atoms with E-state index in [2.05, 4.69) is 335 Å². The van der Waals surface area contributed by atoms with Crippen LogP contribution in [0.4, 0.5) is 0 Å². The lowest BCUT2D eigenvalue weighted by Crippen LogP contribution is -2.57. The third-order valence-corrected chi connectivity index (χ3v) is 25.0. The smallest absolute Gasteiger partial charge is 0.260 e. The largest absolute Gasteiger partial charge is 0.458 e. The second kappa shape index (κ2) is 55.6. The first-order valence-corrected chi connectivity index (χ1v) is 54.9. The molecule has 0 N–H and O–H groups in total. The minimum atomic E-state index is 0.0664. The number of benzene rings is 18. The van der Waals surface area contributed by atoms with Crippen LogP contribution in [0.5, 0.6) is 69.0 Å². The molecule has 0 radical (unpaired) electrons. The summed E-state index contributed by atoms with van der Waals surface area (Å²) in [6.45, 7) is 56.2. The number of nitrogens with zero attached hydrogens (tertiary/aromatic N) is 3. The molecule has 0 fully saturated rings. The standard InChI is InChI=1S/3C36H22BNO2.14C2H6/c1-4-14-30-26(9-1)27-10-2-5-15-31(27)38(30)24-21-19-23(20-22-24)25-11-7-13-29-36(25)40-34-18-8-17-33-35(34)37(29)28-12-3-6-16-32(28)39-33;1-4-11-30-26(8-1)27-9-2-5-12-31(27)38(30)25-19-16-23(17-20-25)24-18-21-33-29(22-24)37-28-10-3-6-13-32(28)39-34-14-7-15-35(40-33)36(34)37;1-4-11-30-26(8-1)27-9-2-5-12-31(27)38(30)25-19-16-23(17-20-25)24-18-21-29-35(22-24)40-34-15-7-14-33-36(34)37(29)28-10-3-6-13-32(28)39-33;14*1-2/h3*1-22H;14*1-2H3. The van der Waals surface area contributed by atoms with Crippen LogP contribution in [-0.2, 0) is 0 Å². The Morgan fingerprint density at radius 1 is 0.149 bits per heavy atom. The average molecular weight is 1960 g/mol. The van der Waals surface area contributed by atoms with E-state index in [4.69, 9.17) is 28.4 Å². The molecular weight excluding hydrogens is 1800 g/mol. The van der Waals surface area contributed by atoms with Gasteiger partial charge in [-0.1, -0.05) is 455 Å². The SMILES string of the molecule is CC.CC.CC.CC.CC.CC.CC.CC.CC.CC.CC.CC.CC.CC.c1ccc2c(c1)Oc1cccc3c1B2c1cc(-c2ccc(-n4c5ccccc5c5ccccc54)cc2)ccc1O3.c1ccc2c(c1)Oc1cccc3c1B2c1ccc(-c2ccc(-n4c5ccccc5c5ccccc54)cc2)cc1O3.c1ccc2c(c1)Oc1cccc3c1B2c1cccc(-c2ccc(-n4c5ccccc5c5ccccc54)cc2)c1O3. The molecule has 0 spiro atoms.